The lowest BCUT2D eigenvalue weighted by molar-refractivity contribution is -0.137. The average Bonchev–Trinajstić information content (AvgIpc) is 2.34. The van der Waals surface area contributed by atoms with Gasteiger partial charge in [-0.1, -0.05) is 6.92 Å². The molecule has 0 bridgehead atoms. The normalized spacial score (nSPS) is 11.2. The summed E-state index contributed by atoms with van der Waals surface area (Å²) in [6, 6.07) is 3.06. The molecule has 0 spiro atoms. The maximum Gasteiger partial charge on any atom is 0.416 e. The molecule has 0 aliphatic rings. The Hall–Kier alpha value is -1.72. The summed E-state index contributed by atoms with van der Waals surface area (Å²) in [5, 5.41) is 5.26. The van der Waals surface area contributed by atoms with E-state index >= 15 is 0 Å². The summed E-state index contributed by atoms with van der Waals surface area (Å²) in [5.41, 5.74) is -0.458. The summed E-state index contributed by atoms with van der Waals surface area (Å²) in [5.74, 6) is -0.507. The van der Waals surface area contributed by atoms with Crippen molar-refractivity contribution >= 4 is 11.6 Å². The third-order valence-corrected chi connectivity index (χ3v) is 2.40. The minimum Gasteiger partial charge on any atom is -0.387 e. The Bertz CT molecular complexity index is 430. The van der Waals surface area contributed by atoms with Gasteiger partial charge >= 0.3 is 6.18 Å². The van der Waals surface area contributed by atoms with Crippen LogP contribution in [0.4, 0.5) is 18.9 Å². The van der Waals surface area contributed by atoms with Crippen LogP contribution in [0.5, 0.6) is 0 Å². The first kappa shape index (κ1) is 14.3. The maximum atomic E-state index is 12.6. The highest BCUT2D eigenvalue weighted by Gasteiger charge is 2.31. The van der Waals surface area contributed by atoms with Gasteiger partial charge in [-0.2, -0.15) is 13.2 Å². The smallest absolute Gasteiger partial charge is 0.387 e. The predicted molar refractivity (Wildman–Crippen MR) is 63.6 cm³/mol. The third-order valence-electron chi connectivity index (χ3n) is 2.40. The zero-order valence-corrected chi connectivity index (χ0v) is 10.2. The molecule has 3 nitrogen and oxygen atoms in total. The summed E-state index contributed by atoms with van der Waals surface area (Å²) in [7, 11) is 1.55. The van der Waals surface area contributed by atoms with Crippen LogP contribution in [-0.2, 0) is 6.18 Å². The molecule has 0 radical (unpaired) electrons. The molecule has 6 heteroatoms. The van der Waals surface area contributed by atoms with E-state index in [4.69, 9.17) is 0 Å². The molecule has 0 aromatic heterocycles. The van der Waals surface area contributed by atoms with Crippen molar-refractivity contribution in [2.24, 2.45) is 0 Å². The summed E-state index contributed by atoms with van der Waals surface area (Å²) in [4.78, 5) is 11.7. The van der Waals surface area contributed by atoms with E-state index in [1.54, 1.807) is 7.05 Å². The lowest BCUT2D eigenvalue weighted by Crippen LogP contribution is -2.25. The Labute approximate surface area is 103 Å². The lowest BCUT2D eigenvalue weighted by Gasteiger charge is -2.13. The molecule has 0 saturated carbocycles. The first-order valence-corrected chi connectivity index (χ1v) is 5.57. The maximum absolute atomic E-state index is 12.6. The van der Waals surface area contributed by atoms with Crippen LogP contribution in [0.3, 0.4) is 0 Å². The van der Waals surface area contributed by atoms with Gasteiger partial charge in [-0.05, 0) is 24.6 Å². The van der Waals surface area contributed by atoms with Gasteiger partial charge in [0.05, 0.1) is 11.1 Å². The summed E-state index contributed by atoms with van der Waals surface area (Å²) in [6.07, 6.45) is -3.73. The van der Waals surface area contributed by atoms with Crippen LogP contribution >= 0.6 is 0 Å². The van der Waals surface area contributed by atoms with Crippen molar-refractivity contribution in [2.75, 3.05) is 18.9 Å². The molecule has 1 aromatic carbocycles. The number of rotatable bonds is 4. The minimum absolute atomic E-state index is 0.000718. The number of benzene rings is 1. The second-order valence-corrected chi connectivity index (χ2v) is 3.76. The van der Waals surface area contributed by atoms with Crippen molar-refractivity contribution in [1.29, 1.82) is 0 Å². The van der Waals surface area contributed by atoms with E-state index in [0.29, 0.717) is 12.2 Å². The van der Waals surface area contributed by atoms with E-state index in [1.807, 2.05) is 6.92 Å². The topological polar surface area (TPSA) is 41.1 Å². The van der Waals surface area contributed by atoms with Crippen LogP contribution in [0.15, 0.2) is 18.2 Å². The fourth-order valence-corrected chi connectivity index (χ4v) is 1.46. The van der Waals surface area contributed by atoms with Gasteiger partial charge in [0, 0.05) is 19.3 Å². The Morgan fingerprint density at radius 3 is 2.50 bits per heavy atom. The number of halogens is 3. The number of anilines is 1. The highest BCUT2D eigenvalue weighted by atomic mass is 19.4. The van der Waals surface area contributed by atoms with Crippen LogP contribution in [-0.4, -0.2) is 19.5 Å². The Kier molecular flexibility index (Phi) is 4.58. The van der Waals surface area contributed by atoms with Crippen molar-refractivity contribution in [3.05, 3.63) is 29.3 Å². The number of carbonyl (C=O) groups excluding carboxylic acids is 1. The minimum atomic E-state index is -4.45. The quantitative estimate of drug-likeness (QED) is 0.874. The van der Waals surface area contributed by atoms with E-state index < -0.39 is 17.6 Å². The zero-order chi connectivity index (χ0) is 13.8. The van der Waals surface area contributed by atoms with Gasteiger partial charge in [0.1, 0.15) is 0 Å². The van der Waals surface area contributed by atoms with E-state index in [9.17, 15) is 18.0 Å². The number of hydrogen-bond donors (Lipinski definition) is 2. The molecule has 18 heavy (non-hydrogen) atoms. The fraction of sp³-hybridized carbons (Fsp3) is 0.417. The van der Waals surface area contributed by atoms with Crippen molar-refractivity contribution in [3.8, 4) is 0 Å². The number of amides is 1. The van der Waals surface area contributed by atoms with Crippen molar-refractivity contribution < 1.29 is 18.0 Å². The summed E-state index contributed by atoms with van der Waals surface area (Å²) < 4.78 is 37.7. The van der Waals surface area contributed by atoms with Gasteiger partial charge in [0.2, 0.25) is 0 Å². The van der Waals surface area contributed by atoms with Crippen LogP contribution in [0.25, 0.3) is 0 Å². The molecule has 0 fully saturated rings. The molecule has 1 amide bonds. The second kappa shape index (κ2) is 5.75. The molecule has 0 heterocycles. The van der Waals surface area contributed by atoms with Gasteiger partial charge < -0.3 is 10.6 Å². The number of nitrogens with one attached hydrogen (secondary N) is 2. The van der Waals surface area contributed by atoms with Crippen LogP contribution in [0, 0.1) is 0 Å². The largest absolute Gasteiger partial charge is 0.416 e. The van der Waals surface area contributed by atoms with Crippen molar-refractivity contribution in [1.82, 2.24) is 5.32 Å². The van der Waals surface area contributed by atoms with E-state index in [2.05, 4.69) is 10.6 Å². The molecule has 0 unspecified atom stereocenters. The average molecular weight is 260 g/mol. The SMILES string of the molecule is CCCNC(=O)c1cc(C(F)(F)F)ccc1NC. The third kappa shape index (κ3) is 3.38. The molecule has 0 aliphatic carbocycles. The van der Waals surface area contributed by atoms with Gasteiger partial charge in [-0.25, -0.2) is 0 Å². The fourth-order valence-electron chi connectivity index (χ4n) is 1.46. The Morgan fingerprint density at radius 1 is 1.33 bits per heavy atom. The van der Waals surface area contributed by atoms with E-state index in [-0.39, 0.29) is 5.56 Å². The molecular weight excluding hydrogens is 245 g/mol. The summed E-state index contributed by atoms with van der Waals surface area (Å²) >= 11 is 0. The number of hydrogen-bond acceptors (Lipinski definition) is 2. The van der Waals surface area contributed by atoms with Crippen molar-refractivity contribution in [2.45, 2.75) is 19.5 Å². The van der Waals surface area contributed by atoms with Gasteiger partial charge in [-0.15, -0.1) is 0 Å². The van der Waals surface area contributed by atoms with E-state index in [0.717, 1.165) is 18.6 Å². The predicted octanol–water partition coefficient (Wildman–Crippen LogP) is 2.89. The van der Waals surface area contributed by atoms with E-state index in [1.165, 1.54) is 6.07 Å². The Balaban J connectivity index is 3.10. The second-order valence-electron chi connectivity index (χ2n) is 3.76. The first-order chi connectivity index (χ1) is 8.40. The molecule has 0 aliphatic heterocycles. The molecule has 0 saturated heterocycles. The summed E-state index contributed by atoms with van der Waals surface area (Å²) in [6.45, 7) is 2.30. The van der Waals surface area contributed by atoms with Crippen LogP contribution in [0.2, 0.25) is 0 Å². The molecular formula is C12H15F3N2O. The van der Waals surface area contributed by atoms with Gasteiger partial charge in [0.15, 0.2) is 0 Å². The molecule has 1 rings (SSSR count). The monoisotopic (exact) mass is 260 g/mol. The molecule has 2 N–H and O–H groups in total. The first-order valence-electron chi connectivity index (χ1n) is 5.57. The highest BCUT2D eigenvalue weighted by molar-refractivity contribution is 5.99. The highest BCUT2D eigenvalue weighted by Crippen LogP contribution is 2.31. The standard InChI is InChI=1S/C12H15F3N2O/c1-3-6-17-11(18)9-7-8(12(13,14)15)4-5-10(9)16-2/h4-5,7,16H,3,6H2,1-2H3,(H,17,18). The number of carbonyl (C=O) groups is 1. The molecule has 0 atom stereocenters. The Morgan fingerprint density at radius 2 is 2.00 bits per heavy atom. The number of alkyl halides is 3. The van der Waals surface area contributed by atoms with Crippen LogP contribution < -0.4 is 10.6 Å². The van der Waals surface area contributed by atoms with Gasteiger partial charge in [0.25, 0.3) is 5.91 Å². The van der Waals surface area contributed by atoms with Crippen LogP contribution in [0.1, 0.15) is 29.3 Å². The molecule has 100 valence electrons. The zero-order valence-electron chi connectivity index (χ0n) is 10.2. The van der Waals surface area contributed by atoms with Gasteiger partial charge in [-0.3, -0.25) is 4.79 Å². The molecule has 1 aromatic rings. The van der Waals surface area contributed by atoms with Crippen molar-refractivity contribution in [3.63, 3.8) is 0 Å². The lowest BCUT2D eigenvalue weighted by atomic mass is 10.1.